The number of allylic oxidation sites excluding steroid dienone is 6. The zero-order chi connectivity index (χ0) is 11.4. The standard InChI is InChI=1S/C10H8.CH.7W/c1-4-7-8-9-10(5-2)6-3;;;;;;;;/h1-6,8-9H;1H;;;;;;;/q-2;-1;;;;;;;/b9-8+,10-5+;;;;;;;;. The van der Waals surface area contributed by atoms with Crippen molar-refractivity contribution in [3.8, 4) is 0 Å². The SMILES string of the molecule is [CH-]=C[C](=[W])/C=C/C(C=[CH-])=C/[CH]=[W].[CH-]=[W].[W].[W].[W].[W]. The molecule has 0 aromatic carbocycles. The molecule has 0 heterocycles. The van der Waals surface area contributed by atoms with Gasteiger partial charge in [-0.2, -0.15) is 0 Å². The van der Waals surface area contributed by atoms with E-state index in [1.807, 2.05) is 22.6 Å². The van der Waals surface area contributed by atoms with Crippen LogP contribution in [0.25, 0.3) is 0 Å². The normalized spacial score (nSPS) is 7.67. The number of rotatable bonds is 5. The van der Waals surface area contributed by atoms with Crippen molar-refractivity contribution in [1.82, 2.24) is 0 Å². The summed E-state index contributed by atoms with van der Waals surface area (Å²) in [5.41, 5.74) is 1.01. The molecule has 0 saturated carbocycles. The van der Waals surface area contributed by atoms with Gasteiger partial charge in [-0.05, 0) is 0 Å². The van der Waals surface area contributed by atoms with E-state index in [0.29, 0.717) is 0 Å². The van der Waals surface area contributed by atoms with Crippen molar-refractivity contribution in [2.75, 3.05) is 0 Å². The van der Waals surface area contributed by atoms with Crippen molar-refractivity contribution in [2.45, 2.75) is 0 Å². The summed E-state index contributed by atoms with van der Waals surface area (Å²) < 4.78 is 3.13. The summed E-state index contributed by atoms with van der Waals surface area (Å²) in [6, 6.07) is 0. The monoisotopic (exact) mass is 1430 g/mol. The first kappa shape index (κ1) is 37.5. The molecular formula is C11H9W7-3. The molecule has 0 N–H and O–H groups in total. The van der Waals surface area contributed by atoms with Gasteiger partial charge in [0.1, 0.15) is 0 Å². The third kappa shape index (κ3) is 27.7. The van der Waals surface area contributed by atoms with Crippen LogP contribution in [0.4, 0.5) is 0 Å². The quantitative estimate of drug-likeness (QED) is 0.289. The summed E-state index contributed by atoms with van der Waals surface area (Å²) in [5.74, 6) is 0. The molecule has 7 heteroatoms. The van der Waals surface area contributed by atoms with Crippen LogP contribution >= 0.6 is 0 Å². The molecule has 0 saturated heterocycles. The van der Waals surface area contributed by atoms with Crippen molar-refractivity contribution in [3.63, 3.8) is 0 Å². The zero-order valence-electron chi connectivity index (χ0n) is 9.05. The minimum atomic E-state index is 0. The van der Waals surface area contributed by atoms with Crippen molar-refractivity contribution in [1.29, 1.82) is 0 Å². The van der Waals surface area contributed by atoms with Gasteiger partial charge in [-0.3, -0.25) is 0 Å². The van der Waals surface area contributed by atoms with Gasteiger partial charge in [-0.15, -0.1) is 0 Å². The van der Waals surface area contributed by atoms with Crippen molar-refractivity contribution >= 4 is 13.2 Å². The smallest absolute Gasteiger partial charge is 0 e. The van der Waals surface area contributed by atoms with E-state index >= 15 is 0 Å². The number of hydrogen-bond donors (Lipinski definition) is 0. The van der Waals surface area contributed by atoms with Crippen LogP contribution in [-0.4, -0.2) is 13.2 Å². The van der Waals surface area contributed by atoms with Gasteiger partial charge >= 0.3 is 120 Å². The maximum absolute atomic E-state index is 5.39. The molecule has 0 rings (SSSR count). The second-order valence-electron chi connectivity index (χ2n) is 1.87. The molecule has 0 aromatic rings. The van der Waals surface area contributed by atoms with Crippen LogP contribution in [0.15, 0.2) is 36.0 Å². The fourth-order valence-electron chi connectivity index (χ4n) is 0.479. The van der Waals surface area contributed by atoms with Crippen LogP contribution in [0.1, 0.15) is 0 Å². The Balaban J connectivity index is -0.0000000569. The molecule has 0 spiro atoms. The molecule has 0 aliphatic rings. The van der Waals surface area contributed by atoms with E-state index < -0.39 is 0 Å². The van der Waals surface area contributed by atoms with Crippen LogP contribution in [-0.2, 0) is 142 Å². The Morgan fingerprint density at radius 3 is 1.56 bits per heavy atom. The van der Waals surface area contributed by atoms with Gasteiger partial charge in [-0.1, -0.05) is 0 Å². The molecule has 0 atom stereocenters. The summed E-state index contributed by atoms with van der Waals surface area (Å²) in [7, 11) is 0. The van der Waals surface area contributed by atoms with E-state index in [1.165, 1.54) is 38.7 Å². The molecule has 0 unspecified atom stereocenters. The molecule has 0 aliphatic heterocycles. The molecule has 0 radical (unpaired) electrons. The summed E-state index contributed by atoms with van der Waals surface area (Å²) >= 11 is 3.85. The Morgan fingerprint density at radius 2 is 1.28 bits per heavy atom. The molecular weight excluding hydrogens is 1420 g/mol. The average Bonchev–Trinajstić information content (AvgIpc) is 2.26. The van der Waals surface area contributed by atoms with E-state index in [9.17, 15) is 0 Å². The third-order valence-electron chi connectivity index (χ3n) is 1.06. The minimum Gasteiger partial charge on any atom is 0 e. The van der Waals surface area contributed by atoms with Crippen LogP contribution in [0, 0.1) is 13.2 Å². The maximum Gasteiger partial charge on any atom is 0 e. The Kier molecular flexibility index (Phi) is 67.5. The number of hydrogen-bond acceptors (Lipinski definition) is 0. The predicted molar refractivity (Wildman–Crippen MR) is 52.1 cm³/mol. The van der Waals surface area contributed by atoms with Gasteiger partial charge in [0, 0.05) is 84.3 Å². The molecule has 0 aromatic heterocycles. The Bertz CT molecular complexity index is 279. The van der Waals surface area contributed by atoms with Crippen molar-refractivity contribution in [3.05, 3.63) is 49.1 Å². The van der Waals surface area contributed by atoms with Crippen LogP contribution in [0.2, 0.25) is 0 Å². The second-order valence-corrected chi connectivity index (χ2v) is 4.54. The van der Waals surface area contributed by atoms with Crippen molar-refractivity contribution in [2.24, 2.45) is 0 Å². The largest absolute Gasteiger partial charge is 0 e. The molecule has 0 aliphatic carbocycles. The van der Waals surface area contributed by atoms with Gasteiger partial charge < -0.3 is 0 Å². The van der Waals surface area contributed by atoms with Crippen LogP contribution in [0.3, 0.4) is 0 Å². The Hall–Kier alpha value is 3.39. The van der Waals surface area contributed by atoms with Crippen molar-refractivity contribution < 1.29 is 142 Å². The molecule has 98 valence electrons. The molecule has 0 nitrogen and oxygen atoms in total. The zero-order valence-corrected chi connectivity index (χ0v) is 29.6. The van der Waals surface area contributed by atoms with Crippen LogP contribution in [0.5, 0.6) is 0 Å². The van der Waals surface area contributed by atoms with E-state index in [0.717, 1.165) is 28.8 Å². The van der Waals surface area contributed by atoms with E-state index in [-0.39, 0.29) is 84.3 Å². The van der Waals surface area contributed by atoms with E-state index in [4.69, 9.17) is 13.2 Å². The summed E-state index contributed by atoms with van der Waals surface area (Å²) in [4.78, 5) is 4.58. The molecule has 18 heavy (non-hydrogen) atoms. The Morgan fingerprint density at radius 1 is 0.833 bits per heavy atom. The minimum absolute atomic E-state index is 0. The van der Waals surface area contributed by atoms with Gasteiger partial charge in [0.2, 0.25) is 0 Å². The third-order valence-corrected chi connectivity index (χ3v) is 2.52. The molecule has 0 amide bonds. The van der Waals surface area contributed by atoms with E-state index in [2.05, 4.69) is 4.90 Å². The van der Waals surface area contributed by atoms with Gasteiger partial charge in [0.25, 0.3) is 0 Å². The summed E-state index contributed by atoms with van der Waals surface area (Å²) in [5, 5.41) is 0. The molecule has 0 fully saturated rings. The molecule has 0 bridgehead atoms. The summed E-state index contributed by atoms with van der Waals surface area (Å²) in [6.45, 7) is 10.7. The van der Waals surface area contributed by atoms with Crippen LogP contribution < -0.4 is 0 Å². The first-order chi connectivity index (χ1) is 6.74. The van der Waals surface area contributed by atoms with Gasteiger partial charge in [-0.25, -0.2) is 0 Å². The predicted octanol–water partition coefficient (Wildman–Crippen LogP) is 1.35. The second kappa shape index (κ2) is 32.4. The maximum atomic E-state index is 5.39. The fraction of sp³-hybridized carbons (Fsp3) is 0. The van der Waals surface area contributed by atoms with Gasteiger partial charge in [0.15, 0.2) is 0 Å². The average molecular weight is 1430 g/mol. The fourth-order valence-corrected chi connectivity index (χ4v) is 1.29. The first-order valence-electron chi connectivity index (χ1n) is 3.45. The Labute approximate surface area is 201 Å². The van der Waals surface area contributed by atoms with E-state index in [1.54, 1.807) is 12.2 Å². The van der Waals surface area contributed by atoms with Gasteiger partial charge in [0.05, 0.1) is 0 Å². The summed E-state index contributed by atoms with van der Waals surface area (Å²) in [6.07, 6.45) is 9.06. The first-order valence-corrected chi connectivity index (χ1v) is 8.31. The topological polar surface area (TPSA) is 0 Å².